The van der Waals surface area contributed by atoms with Crippen LogP contribution in [0.2, 0.25) is 0 Å². The number of hydrogen-bond acceptors (Lipinski definition) is 10. The molecule has 15 heteroatoms. The predicted octanol–water partition coefficient (Wildman–Crippen LogP) is 5.27. The number of amides is 3. The van der Waals surface area contributed by atoms with Crippen molar-refractivity contribution in [3.05, 3.63) is 100 Å². The van der Waals surface area contributed by atoms with Crippen molar-refractivity contribution in [1.82, 2.24) is 44.7 Å². The van der Waals surface area contributed by atoms with Crippen LogP contribution in [0.1, 0.15) is 87.3 Å². The number of nitrogens with one attached hydrogen (secondary N) is 3. The number of pyridine rings is 1. The number of carbonyl (C=O) groups excluding carboxylic acids is 3. The van der Waals surface area contributed by atoms with E-state index in [2.05, 4.69) is 53.9 Å². The minimum atomic E-state index is -0.537. The van der Waals surface area contributed by atoms with Gasteiger partial charge in [-0.05, 0) is 120 Å². The van der Waals surface area contributed by atoms with Gasteiger partial charge in [0, 0.05) is 73.5 Å². The summed E-state index contributed by atoms with van der Waals surface area (Å²) in [7, 11) is 1.93. The molecule has 0 spiro atoms. The molecule has 324 valence electrons. The minimum Gasteiger partial charge on any atom is -0.353 e. The molecule has 4 aliphatic rings. The molecule has 2 aromatic carbocycles. The molecule has 5 aromatic rings. The number of aromatic nitrogens is 5. The average Bonchev–Trinajstić information content (AvgIpc) is 3.62. The van der Waals surface area contributed by atoms with Gasteiger partial charge < -0.3 is 20.4 Å². The van der Waals surface area contributed by atoms with Gasteiger partial charge in [-0.15, -0.1) is 0 Å². The fraction of sp³-hybridized carbons (Fsp3) is 0.468. The fourth-order valence-electron chi connectivity index (χ4n) is 9.93. The molecule has 1 unspecified atom stereocenters. The van der Waals surface area contributed by atoms with Crippen LogP contribution in [0.5, 0.6) is 0 Å². The van der Waals surface area contributed by atoms with Crippen molar-refractivity contribution < 1.29 is 18.8 Å². The zero-order valence-corrected chi connectivity index (χ0v) is 35.3. The Hall–Kier alpha value is -5.80. The summed E-state index contributed by atoms with van der Waals surface area (Å²) in [4.78, 5) is 63.8. The van der Waals surface area contributed by atoms with Gasteiger partial charge in [0.15, 0.2) is 5.82 Å². The lowest BCUT2D eigenvalue weighted by Crippen LogP contribution is -2.47. The number of carbonyl (C=O) groups is 3. The van der Waals surface area contributed by atoms with Gasteiger partial charge in [-0.3, -0.25) is 33.7 Å². The first-order chi connectivity index (χ1) is 30.1. The van der Waals surface area contributed by atoms with Crippen LogP contribution in [0.3, 0.4) is 0 Å². The third-order valence-electron chi connectivity index (χ3n) is 13.6. The monoisotopic (exact) mass is 842 g/mol. The van der Waals surface area contributed by atoms with Crippen LogP contribution in [0, 0.1) is 11.7 Å². The number of likely N-dealkylation sites (tertiary alicyclic amines) is 2. The highest BCUT2D eigenvalue weighted by Crippen LogP contribution is 2.35. The van der Waals surface area contributed by atoms with Gasteiger partial charge in [0.1, 0.15) is 5.69 Å². The van der Waals surface area contributed by atoms with Crippen molar-refractivity contribution in [3.8, 4) is 16.9 Å². The molecule has 3 N–H and O–H groups in total. The first kappa shape index (κ1) is 41.5. The number of benzene rings is 2. The Bertz CT molecular complexity index is 2500. The quantitative estimate of drug-likeness (QED) is 0.150. The summed E-state index contributed by atoms with van der Waals surface area (Å²) < 4.78 is 18.4. The second kappa shape index (κ2) is 18.3. The van der Waals surface area contributed by atoms with Crippen LogP contribution >= 0.6 is 0 Å². The number of rotatable bonds is 11. The Balaban J connectivity index is 0.687. The summed E-state index contributed by atoms with van der Waals surface area (Å²) in [6, 6.07) is 18.8. The zero-order valence-electron chi connectivity index (χ0n) is 35.3. The molecule has 1 aliphatic carbocycles. The molecule has 3 saturated heterocycles. The van der Waals surface area contributed by atoms with Crippen molar-refractivity contribution in [3.63, 3.8) is 0 Å². The predicted molar refractivity (Wildman–Crippen MR) is 234 cm³/mol. The maximum Gasteiger partial charge on any atom is 0.255 e. The van der Waals surface area contributed by atoms with Crippen molar-refractivity contribution in [2.75, 3.05) is 44.6 Å². The smallest absolute Gasteiger partial charge is 0.255 e. The van der Waals surface area contributed by atoms with Gasteiger partial charge in [-0.25, -0.2) is 14.4 Å². The number of nitrogens with zero attached hydrogens (tertiary/aromatic N) is 7. The largest absolute Gasteiger partial charge is 0.353 e. The first-order valence-electron chi connectivity index (χ1n) is 22.3. The highest BCUT2D eigenvalue weighted by atomic mass is 19.1. The maximum absolute atomic E-state index is 15.0. The van der Waals surface area contributed by atoms with Crippen LogP contribution < -0.4 is 21.5 Å². The number of aryl methyl sites for hydroxylation is 1. The number of fused-ring (bicyclic) bond motifs is 1. The first-order valence-corrected chi connectivity index (χ1v) is 22.3. The third kappa shape index (κ3) is 9.19. The Morgan fingerprint density at radius 2 is 1.58 bits per heavy atom. The molecule has 3 amide bonds. The van der Waals surface area contributed by atoms with Crippen LogP contribution in [0.4, 0.5) is 10.3 Å². The molecular weight excluding hydrogens is 788 g/mol. The van der Waals surface area contributed by atoms with Crippen molar-refractivity contribution in [2.24, 2.45) is 13.0 Å². The number of imide groups is 1. The Morgan fingerprint density at radius 1 is 0.839 bits per heavy atom. The van der Waals surface area contributed by atoms with E-state index in [-0.39, 0.29) is 47.0 Å². The van der Waals surface area contributed by atoms with E-state index in [0.717, 1.165) is 107 Å². The second-order valence-electron chi connectivity index (χ2n) is 17.6. The summed E-state index contributed by atoms with van der Waals surface area (Å²) in [6.45, 7) is 6.03. The Morgan fingerprint density at radius 3 is 2.32 bits per heavy atom. The molecule has 1 saturated carbocycles. The van der Waals surface area contributed by atoms with E-state index in [1.165, 1.54) is 22.4 Å². The molecule has 4 fully saturated rings. The lowest BCUT2D eigenvalue weighted by molar-refractivity contribution is -0.134. The fourth-order valence-corrected chi connectivity index (χ4v) is 9.93. The standard InChI is InChI=1S/C47H55FN10O4/c1-55-40-28-32(8-13-37(40)44(54-55)38-14-15-41(59)52-46(38)62)30-16-21-56(22-17-30)25-26-57-23-18-31(19-24-57)45(61)50-34-9-11-35(12-10-34)51-47-49-29-39(48)43(53-47)33-5-4-6-36(27-33)58-20-3-2-7-42(58)60/h2-8,13,20,27-31,34-35,38H,9-12,14-19,21-26H2,1H3,(H,50,61)(H,49,51,53)(H,52,59,62). The van der Waals surface area contributed by atoms with Crippen LogP contribution in [0.15, 0.2) is 77.9 Å². The molecule has 62 heavy (non-hydrogen) atoms. The van der Waals surface area contributed by atoms with Crippen LogP contribution in [-0.2, 0) is 21.4 Å². The van der Waals surface area contributed by atoms with E-state index in [1.807, 2.05) is 11.7 Å². The Labute approximate surface area is 360 Å². The van der Waals surface area contributed by atoms with E-state index in [0.29, 0.717) is 36.0 Å². The molecule has 3 aliphatic heterocycles. The van der Waals surface area contributed by atoms with E-state index < -0.39 is 11.7 Å². The van der Waals surface area contributed by atoms with Gasteiger partial charge in [0.2, 0.25) is 23.7 Å². The minimum absolute atomic E-state index is 0.0415. The number of anilines is 1. The summed E-state index contributed by atoms with van der Waals surface area (Å²) in [5.74, 6) is -0.353. The second-order valence-corrected chi connectivity index (χ2v) is 17.6. The van der Waals surface area contributed by atoms with Crippen molar-refractivity contribution >= 4 is 34.6 Å². The summed E-state index contributed by atoms with van der Waals surface area (Å²) in [5, 5.41) is 14.9. The van der Waals surface area contributed by atoms with Gasteiger partial charge in [0.25, 0.3) is 5.56 Å². The SMILES string of the molecule is Cn1nc(C2CCC(=O)NC2=O)c2ccc(C3CCN(CCN4CCC(C(=O)NC5CCC(Nc6ncc(F)c(-c7cccc(-n8ccccc8=O)c7)n6)CC5)CC4)CC3)cc21. The summed E-state index contributed by atoms with van der Waals surface area (Å²) in [5.41, 5.74) is 4.27. The third-order valence-corrected chi connectivity index (χ3v) is 13.6. The number of hydrogen-bond donors (Lipinski definition) is 3. The van der Waals surface area contributed by atoms with Gasteiger partial charge in [-0.2, -0.15) is 5.10 Å². The topological polar surface area (TPSA) is 159 Å². The van der Waals surface area contributed by atoms with Crippen molar-refractivity contribution in [2.45, 2.75) is 88.1 Å². The average molecular weight is 843 g/mol. The molecule has 0 bridgehead atoms. The van der Waals surface area contributed by atoms with Gasteiger partial charge >= 0.3 is 0 Å². The molecule has 14 nitrogen and oxygen atoms in total. The zero-order chi connectivity index (χ0) is 42.7. The van der Waals surface area contributed by atoms with Crippen LogP contribution in [-0.4, -0.2) is 103 Å². The van der Waals surface area contributed by atoms with E-state index >= 15 is 0 Å². The molecule has 6 heterocycles. The lowest BCUT2D eigenvalue weighted by Gasteiger charge is -2.36. The highest BCUT2D eigenvalue weighted by molar-refractivity contribution is 6.02. The number of piperidine rings is 3. The summed E-state index contributed by atoms with van der Waals surface area (Å²) >= 11 is 0. The molecule has 3 aromatic heterocycles. The highest BCUT2D eigenvalue weighted by Gasteiger charge is 2.33. The van der Waals surface area contributed by atoms with E-state index in [1.54, 1.807) is 42.6 Å². The Kier molecular flexibility index (Phi) is 12.2. The van der Waals surface area contributed by atoms with E-state index in [9.17, 15) is 23.6 Å². The number of halogens is 1. The molecular formula is C47H55FN10O4. The molecule has 1 atom stereocenters. The summed E-state index contributed by atoms with van der Waals surface area (Å²) in [6.07, 6.45) is 11.0. The lowest BCUT2D eigenvalue weighted by atomic mass is 9.88. The van der Waals surface area contributed by atoms with Crippen molar-refractivity contribution in [1.29, 1.82) is 0 Å². The molecule has 9 rings (SSSR count). The van der Waals surface area contributed by atoms with Crippen LogP contribution in [0.25, 0.3) is 27.8 Å². The normalized spacial score (nSPS) is 22.1. The maximum atomic E-state index is 15.0. The van der Waals surface area contributed by atoms with E-state index in [4.69, 9.17) is 5.10 Å². The van der Waals surface area contributed by atoms with Gasteiger partial charge in [0.05, 0.1) is 23.3 Å². The molecule has 0 radical (unpaired) electrons. The van der Waals surface area contributed by atoms with Gasteiger partial charge in [-0.1, -0.05) is 30.3 Å².